The molecule has 0 unspecified atom stereocenters. The molecule has 7 nitrogen and oxygen atoms in total. The van der Waals surface area contributed by atoms with Gasteiger partial charge in [0.05, 0.1) is 14.2 Å². The van der Waals surface area contributed by atoms with Crippen LogP contribution in [-0.4, -0.2) is 98.8 Å². The molecule has 3 aliphatic rings. The van der Waals surface area contributed by atoms with Crippen molar-refractivity contribution >= 4 is 11.6 Å². The van der Waals surface area contributed by atoms with Crippen LogP contribution in [0.3, 0.4) is 0 Å². The Labute approximate surface area is 271 Å². The van der Waals surface area contributed by atoms with Gasteiger partial charge in [-0.25, -0.2) is 4.98 Å². The first kappa shape index (κ1) is 35.8. The Balaban J connectivity index is 0.000000176. The third-order valence-corrected chi connectivity index (χ3v) is 8.76. The molecular weight excluding hydrogens is 570 g/mol. The van der Waals surface area contributed by atoms with E-state index >= 15 is 0 Å². The summed E-state index contributed by atoms with van der Waals surface area (Å²) in [5.74, 6) is 1.68. The second-order valence-corrected chi connectivity index (χ2v) is 11.8. The number of hydrogen-bond donors (Lipinski definition) is 0. The lowest BCUT2D eigenvalue weighted by Gasteiger charge is -2.15. The Morgan fingerprint density at radius 3 is 1.77 bits per heavy atom. The van der Waals surface area contributed by atoms with Gasteiger partial charge in [-0.3, -0.25) is 4.98 Å². The van der Waals surface area contributed by atoms with Crippen LogP contribution >= 0.6 is 11.6 Å². The predicted octanol–water partition coefficient (Wildman–Crippen LogP) is 6.03. The van der Waals surface area contributed by atoms with Gasteiger partial charge >= 0.3 is 0 Å². The summed E-state index contributed by atoms with van der Waals surface area (Å²) in [6, 6.07) is 12.5. The van der Waals surface area contributed by atoms with Crippen molar-refractivity contribution in [3.8, 4) is 11.5 Å². The van der Waals surface area contributed by atoms with Gasteiger partial charge in [-0.1, -0.05) is 44.5 Å². The fourth-order valence-corrected chi connectivity index (χ4v) is 5.89. The molecule has 6 rings (SSSR count). The Bertz CT molecular complexity index is 1230. The molecule has 0 amide bonds. The fraction of sp³-hybridized carbons (Fsp3) is 0.556. The minimum atomic E-state index is 0.614. The van der Waals surface area contributed by atoms with Gasteiger partial charge in [-0.15, -0.1) is 0 Å². The van der Waals surface area contributed by atoms with Crippen LogP contribution in [0.4, 0.5) is 0 Å². The van der Waals surface area contributed by atoms with Gasteiger partial charge in [0, 0.05) is 69.7 Å². The zero-order valence-electron chi connectivity index (χ0n) is 28.2. The summed E-state index contributed by atoms with van der Waals surface area (Å²) in [7, 11) is 7.69. The Morgan fingerprint density at radius 2 is 1.18 bits per heavy atom. The summed E-state index contributed by atoms with van der Waals surface area (Å²) in [6.45, 7) is 14.2. The highest BCUT2D eigenvalue weighted by Crippen LogP contribution is 2.32. The molecule has 3 aromatic rings. The first-order valence-electron chi connectivity index (χ1n) is 16.3. The second kappa shape index (κ2) is 18.9. The van der Waals surface area contributed by atoms with E-state index in [1.54, 1.807) is 14.2 Å². The van der Waals surface area contributed by atoms with E-state index in [1.165, 1.54) is 46.7 Å². The lowest BCUT2D eigenvalue weighted by molar-refractivity contribution is 0.303. The fourth-order valence-electron chi connectivity index (χ4n) is 5.73. The molecule has 0 spiro atoms. The van der Waals surface area contributed by atoms with Crippen LogP contribution in [-0.2, 0) is 38.5 Å². The molecule has 1 aromatic carbocycles. The van der Waals surface area contributed by atoms with Gasteiger partial charge in [-0.05, 0) is 92.8 Å². The molecule has 0 N–H and O–H groups in total. The maximum absolute atomic E-state index is 5.84. The first-order chi connectivity index (χ1) is 21.4. The average Bonchev–Trinajstić information content (AvgIpc) is 3.48. The summed E-state index contributed by atoms with van der Waals surface area (Å²) in [4.78, 5) is 15.9. The first-order valence-corrected chi connectivity index (χ1v) is 16.7. The number of fused-ring (bicyclic) bond motifs is 3. The minimum Gasteiger partial charge on any atom is -0.493 e. The van der Waals surface area contributed by atoms with Crippen molar-refractivity contribution in [3.63, 3.8) is 0 Å². The second-order valence-electron chi connectivity index (χ2n) is 11.4. The van der Waals surface area contributed by atoms with E-state index in [-0.39, 0.29) is 0 Å². The predicted molar refractivity (Wildman–Crippen MR) is 184 cm³/mol. The molecule has 0 bridgehead atoms. The smallest absolute Gasteiger partial charge is 0.161 e. The molecule has 44 heavy (non-hydrogen) atoms. The number of methoxy groups -OCH3 is 2. The van der Waals surface area contributed by atoms with Crippen LogP contribution in [0.15, 0.2) is 42.6 Å². The molecule has 0 saturated carbocycles. The molecule has 0 aliphatic carbocycles. The van der Waals surface area contributed by atoms with Gasteiger partial charge in [-0.2, -0.15) is 0 Å². The highest BCUT2D eigenvalue weighted by atomic mass is 35.5. The molecule has 0 radical (unpaired) electrons. The van der Waals surface area contributed by atoms with Crippen LogP contribution in [0.25, 0.3) is 0 Å². The summed E-state index contributed by atoms with van der Waals surface area (Å²) in [6.07, 6.45) is 8.47. The third-order valence-electron chi connectivity index (χ3n) is 8.55. The molecule has 2 aromatic heterocycles. The van der Waals surface area contributed by atoms with Gasteiger partial charge in [0.25, 0.3) is 0 Å². The highest BCUT2D eigenvalue weighted by Gasteiger charge is 2.16. The SMILES string of the molecule is CC.CCN1CCc2cccnc2CC1.CN1CCc2ccc(Cl)nc2CC1.COc1cc2c(cc1OC)CCN(C)CC2. The Kier molecular flexibility index (Phi) is 15.4. The molecule has 3 aliphatic heterocycles. The topological polar surface area (TPSA) is 54.0 Å². The standard InChI is InChI=1S/C13H19NO2.C11H16N2.C10H13ClN2.C2H6/c1-14-6-4-10-8-12(15-2)13(16-3)9-11(10)5-7-14;1-2-13-8-5-10-4-3-7-12-11(10)6-9-13;1-13-6-4-8-2-3-10(11)12-9(8)5-7-13;1-2/h8-9H,4-7H2,1-3H3;3-4,7H,2,5-6,8-9H2,1H3;2-3H,4-7H2,1H3;1-2H3. The zero-order chi connectivity index (χ0) is 31.9. The van der Waals surface area contributed by atoms with Crippen molar-refractivity contribution in [1.29, 1.82) is 0 Å². The van der Waals surface area contributed by atoms with Gasteiger partial charge < -0.3 is 24.2 Å². The van der Waals surface area contributed by atoms with E-state index in [0.717, 1.165) is 82.7 Å². The Morgan fingerprint density at radius 1 is 0.682 bits per heavy atom. The minimum absolute atomic E-state index is 0.614. The van der Waals surface area contributed by atoms with Crippen molar-refractivity contribution in [2.24, 2.45) is 0 Å². The van der Waals surface area contributed by atoms with Crippen LogP contribution in [0.1, 0.15) is 54.4 Å². The molecule has 0 fully saturated rings. The number of pyridine rings is 2. The van der Waals surface area contributed by atoms with E-state index in [4.69, 9.17) is 21.1 Å². The summed E-state index contributed by atoms with van der Waals surface area (Å²) >= 11 is 5.84. The van der Waals surface area contributed by atoms with Crippen LogP contribution in [0.5, 0.6) is 11.5 Å². The number of benzene rings is 1. The highest BCUT2D eigenvalue weighted by molar-refractivity contribution is 6.29. The van der Waals surface area contributed by atoms with Crippen LogP contribution in [0, 0.1) is 0 Å². The van der Waals surface area contributed by atoms with E-state index in [0.29, 0.717) is 5.15 Å². The monoisotopic (exact) mass is 623 g/mol. The lowest BCUT2D eigenvalue weighted by atomic mass is 10.0. The number of ether oxygens (including phenoxy) is 2. The quantitative estimate of drug-likeness (QED) is 0.330. The normalized spacial score (nSPS) is 16.7. The van der Waals surface area contributed by atoms with Crippen molar-refractivity contribution in [3.05, 3.63) is 81.4 Å². The van der Waals surface area contributed by atoms with Gasteiger partial charge in [0.2, 0.25) is 0 Å². The molecule has 0 saturated heterocycles. The molecule has 242 valence electrons. The molecular formula is C36H54ClN5O2. The van der Waals surface area contributed by atoms with Crippen molar-refractivity contribution in [1.82, 2.24) is 24.7 Å². The number of hydrogen-bond acceptors (Lipinski definition) is 7. The number of aromatic nitrogens is 2. The molecule has 5 heterocycles. The van der Waals surface area contributed by atoms with Crippen molar-refractivity contribution in [2.45, 2.75) is 59.3 Å². The maximum atomic E-state index is 5.84. The van der Waals surface area contributed by atoms with E-state index in [9.17, 15) is 0 Å². The van der Waals surface area contributed by atoms with Crippen molar-refractivity contribution < 1.29 is 9.47 Å². The van der Waals surface area contributed by atoms with Gasteiger partial charge in [0.1, 0.15) is 5.15 Å². The zero-order valence-corrected chi connectivity index (χ0v) is 28.9. The number of likely N-dealkylation sites (N-methyl/N-ethyl adjacent to an activating group) is 3. The summed E-state index contributed by atoms with van der Waals surface area (Å²) in [5.41, 5.74) is 8.06. The third kappa shape index (κ3) is 10.7. The van der Waals surface area contributed by atoms with E-state index in [2.05, 4.69) is 70.0 Å². The van der Waals surface area contributed by atoms with Crippen LogP contribution in [0.2, 0.25) is 5.15 Å². The average molecular weight is 624 g/mol. The molecule has 8 heteroatoms. The Hall–Kier alpha value is -2.71. The van der Waals surface area contributed by atoms with Crippen LogP contribution < -0.4 is 9.47 Å². The largest absolute Gasteiger partial charge is 0.493 e. The van der Waals surface area contributed by atoms with E-state index < -0.39 is 0 Å². The van der Waals surface area contributed by atoms with E-state index in [1.807, 2.05) is 32.2 Å². The maximum Gasteiger partial charge on any atom is 0.161 e. The van der Waals surface area contributed by atoms with Gasteiger partial charge in [0.15, 0.2) is 11.5 Å². The number of rotatable bonds is 3. The molecule has 0 atom stereocenters. The lowest BCUT2D eigenvalue weighted by Crippen LogP contribution is -2.25. The number of halogens is 1. The van der Waals surface area contributed by atoms with Crippen molar-refractivity contribution in [2.75, 3.05) is 74.1 Å². The summed E-state index contributed by atoms with van der Waals surface area (Å²) in [5, 5.41) is 0.614. The summed E-state index contributed by atoms with van der Waals surface area (Å²) < 4.78 is 10.7. The number of nitrogens with zero attached hydrogens (tertiary/aromatic N) is 5.